The highest BCUT2D eigenvalue weighted by Crippen LogP contribution is 2.61. The van der Waals surface area contributed by atoms with Crippen LogP contribution < -0.4 is 17.2 Å². The molecule has 2 fully saturated rings. The summed E-state index contributed by atoms with van der Waals surface area (Å²) < 4.78 is 0. The van der Waals surface area contributed by atoms with E-state index in [0.29, 0.717) is 5.41 Å². The van der Waals surface area contributed by atoms with E-state index < -0.39 is 0 Å². The molecule has 0 unspecified atom stereocenters. The van der Waals surface area contributed by atoms with Crippen LogP contribution in [-0.4, -0.2) is 18.5 Å². The first-order chi connectivity index (χ1) is 6.62. The molecule has 0 atom stereocenters. The van der Waals surface area contributed by atoms with Gasteiger partial charge in [0.2, 0.25) is 5.96 Å². The van der Waals surface area contributed by atoms with Crippen molar-refractivity contribution in [2.75, 3.05) is 6.54 Å². The number of rotatable bonds is 3. The fourth-order valence-corrected chi connectivity index (χ4v) is 1.96. The normalized spacial score (nSPS) is 24.4. The van der Waals surface area contributed by atoms with Gasteiger partial charge in [-0.15, -0.1) is 0 Å². The zero-order valence-electron chi connectivity index (χ0n) is 8.24. The smallest absolute Gasteiger partial charge is 0.218 e. The van der Waals surface area contributed by atoms with Crippen molar-refractivity contribution in [1.29, 1.82) is 0 Å². The average molecular weight is 195 g/mol. The largest absolute Gasteiger partial charge is 0.370 e. The van der Waals surface area contributed by atoms with Crippen LogP contribution >= 0.6 is 0 Å². The lowest BCUT2D eigenvalue weighted by molar-refractivity contribution is 0.454. The van der Waals surface area contributed by atoms with Gasteiger partial charge in [0.1, 0.15) is 0 Å². The van der Waals surface area contributed by atoms with E-state index in [1.54, 1.807) is 0 Å². The molecular formula is C9H17N5. The van der Waals surface area contributed by atoms with Gasteiger partial charge in [-0.3, -0.25) is 4.99 Å². The molecule has 5 nitrogen and oxygen atoms in total. The summed E-state index contributed by atoms with van der Waals surface area (Å²) in [6, 6.07) is 0. The SMILES string of the molecule is NC(N)=NC(N)=NCC1(C2CC2)CC1. The van der Waals surface area contributed by atoms with E-state index in [0.717, 1.165) is 12.5 Å². The molecule has 2 aliphatic rings. The van der Waals surface area contributed by atoms with Crippen LogP contribution in [0.5, 0.6) is 0 Å². The number of hydrogen-bond acceptors (Lipinski definition) is 1. The molecule has 0 heterocycles. The van der Waals surface area contributed by atoms with E-state index in [-0.39, 0.29) is 11.9 Å². The molecule has 2 aliphatic carbocycles. The third-order valence-electron chi connectivity index (χ3n) is 3.14. The second-order valence-electron chi connectivity index (χ2n) is 4.35. The molecule has 0 aromatic rings. The lowest BCUT2D eigenvalue weighted by Gasteiger charge is -2.09. The number of guanidine groups is 2. The molecule has 0 aromatic heterocycles. The second-order valence-corrected chi connectivity index (χ2v) is 4.35. The molecule has 0 saturated heterocycles. The summed E-state index contributed by atoms with van der Waals surface area (Å²) in [7, 11) is 0. The van der Waals surface area contributed by atoms with Crippen LogP contribution in [0.15, 0.2) is 9.98 Å². The lowest BCUT2D eigenvalue weighted by atomic mass is 10.0. The Balaban J connectivity index is 1.89. The minimum Gasteiger partial charge on any atom is -0.370 e. The maximum Gasteiger partial charge on any atom is 0.218 e. The van der Waals surface area contributed by atoms with Gasteiger partial charge in [-0.1, -0.05) is 0 Å². The minimum atomic E-state index is -0.0254. The van der Waals surface area contributed by atoms with E-state index >= 15 is 0 Å². The van der Waals surface area contributed by atoms with E-state index in [2.05, 4.69) is 9.98 Å². The highest BCUT2D eigenvalue weighted by molar-refractivity contribution is 5.92. The zero-order chi connectivity index (χ0) is 10.2. The fourth-order valence-electron chi connectivity index (χ4n) is 1.96. The van der Waals surface area contributed by atoms with Crippen molar-refractivity contribution in [3.8, 4) is 0 Å². The topological polar surface area (TPSA) is 103 Å². The van der Waals surface area contributed by atoms with Crippen molar-refractivity contribution < 1.29 is 0 Å². The molecule has 0 radical (unpaired) electrons. The summed E-state index contributed by atoms with van der Waals surface area (Å²) in [5, 5.41) is 0. The van der Waals surface area contributed by atoms with Crippen molar-refractivity contribution in [2.45, 2.75) is 25.7 Å². The third-order valence-corrected chi connectivity index (χ3v) is 3.14. The van der Waals surface area contributed by atoms with Crippen LogP contribution in [0.2, 0.25) is 0 Å². The van der Waals surface area contributed by atoms with Crippen LogP contribution in [0.25, 0.3) is 0 Å². The standard InChI is InChI=1S/C9H17N5/c10-7(11)14-8(12)13-5-9(3-4-9)6-1-2-6/h6H,1-5H2,(H6,10,11,12,13,14). The number of hydrogen-bond donors (Lipinski definition) is 3. The quantitative estimate of drug-likeness (QED) is 0.428. The Labute approximate surface area is 83.5 Å². The third kappa shape index (κ3) is 1.97. The van der Waals surface area contributed by atoms with Crippen LogP contribution in [0.4, 0.5) is 0 Å². The molecule has 2 rings (SSSR count). The molecule has 0 amide bonds. The van der Waals surface area contributed by atoms with Crippen LogP contribution in [-0.2, 0) is 0 Å². The summed E-state index contributed by atoms with van der Waals surface area (Å²) in [4.78, 5) is 7.89. The van der Waals surface area contributed by atoms with Crippen molar-refractivity contribution >= 4 is 11.9 Å². The van der Waals surface area contributed by atoms with Crippen molar-refractivity contribution in [3.63, 3.8) is 0 Å². The van der Waals surface area contributed by atoms with Gasteiger partial charge in [0.05, 0.1) is 0 Å². The van der Waals surface area contributed by atoms with Crippen molar-refractivity contribution in [2.24, 2.45) is 38.5 Å². The zero-order valence-corrected chi connectivity index (χ0v) is 8.24. The minimum absolute atomic E-state index is 0.0254. The summed E-state index contributed by atoms with van der Waals surface area (Å²) in [5.74, 6) is 1.07. The summed E-state index contributed by atoms with van der Waals surface area (Å²) in [6.45, 7) is 0.792. The van der Waals surface area contributed by atoms with Gasteiger partial charge >= 0.3 is 0 Å². The van der Waals surface area contributed by atoms with E-state index in [1.807, 2.05) is 0 Å². The number of nitrogens with two attached hydrogens (primary N) is 3. The van der Waals surface area contributed by atoms with Gasteiger partial charge in [0.25, 0.3) is 0 Å². The Morgan fingerprint density at radius 3 is 2.29 bits per heavy atom. The maximum atomic E-state index is 5.53. The van der Waals surface area contributed by atoms with Gasteiger partial charge in [-0.2, -0.15) is 4.99 Å². The first kappa shape index (κ1) is 9.30. The second kappa shape index (κ2) is 3.15. The number of aliphatic imine (C=N–C) groups is 2. The van der Waals surface area contributed by atoms with Crippen molar-refractivity contribution in [3.05, 3.63) is 0 Å². The molecule has 2 saturated carbocycles. The van der Waals surface area contributed by atoms with Crippen LogP contribution in [0.3, 0.4) is 0 Å². The summed E-state index contributed by atoms with van der Waals surface area (Å²) in [5.41, 5.74) is 16.4. The van der Waals surface area contributed by atoms with Crippen molar-refractivity contribution in [1.82, 2.24) is 0 Å². The molecular weight excluding hydrogens is 178 g/mol. The number of nitrogens with zero attached hydrogens (tertiary/aromatic N) is 2. The molecule has 5 heteroatoms. The highest BCUT2D eigenvalue weighted by Gasteiger charge is 2.53. The predicted molar refractivity (Wildman–Crippen MR) is 56.7 cm³/mol. The Morgan fingerprint density at radius 2 is 1.86 bits per heavy atom. The Hall–Kier alpha value is -1.26. The van der Waals surface area contributed by atoms with Gasteiger partial charge in [0.15, 0.2) is 5.96 Å². The summed E-state index contributed by atoms with van der Waals surface area (Å²) in [6.07, 6.45) is 5.29. The van der Waals surface area contributed by atoms with E-state index in [1.165, 1.54) is 25.7 Å². The van der Waals surface area contributed by atoms with Crippen LogP contribution in [0, 0.1) is 11.3 Å². The van der Waals surface area contributed by atoms with Gasteiger partial charge in [0, 0.05) is 6.54 Å². The lowest BCUT2D eigenvalue weighted by Crippen LogP contribution is -2.27. The first-order valence-electron chi connectivity index (χ1n) is 5.02. The highest BCUT2D eigenvalue weighted by atomic mass is 15.1. The van der Waals surface area contributed by atoms with Crippen LogP contribution in [0.1, 0.15) is 25.7 Å². The molecule has 0 bridgehead atoms. The average Bonchev–Trinajstić information content (AvgIpc) is 2.94. The fraction of sp³-hybridized carbons (Fsp3) is 0.778. The molecule has 0 spiro atoms. The molecule has 78 valence electrons. The molecule has 14 heavy (non-hydrogen) atoms. The first-order valence-corrected chi connectivity index (χ1v) is 5.02. The summed E-state index contributed by atoms with van der Waals surface area (Å²) >= 11 is 0. The Morgan fingerprint density at radius 1 is 1.21 bits per heavy atom. The van der Waals surface area contributed by atoms with Gasteiger partial charge in [-0.05, 0) is 37.0 Å². The molecule has 0 aliphatic heterocycles. The van der Waals surface area contributed by atoms with Gasteiger partial charge < -0.3 is 17.2 Å². The Kier molecular flexibility index (Phi) is 2.09. The molecule has 0 aromatic carbocycles. The predicted octanol–water partition coefficient (Wildman–Crippen LogP) is -0.235. The van der Waals surface area contributed by atoms with E-state index in [9.17, 15) is 0 Å². The Bertz CT molecular complexity index is 282. The van der Waals surface area contributed by atoms with Gasteiger partial charge in [-0.25, -0.2) is 0 Å². The monoisotopic (exact) mass is 195 g/mol. The van der Waals surface area contributed by atoms with E-state index in [4.69, 9.17) is 17.2 Å². The maximum absolute atomic E-state index is 5.53. The molecule has 6 N–H and O–H groups in total.